The Hall–Kier alpha value is -4.21. The minimum absolute atomic E-state index is 0. The van der Waals surface area contributed by atoms with Crippen LogP contribution in [0.25, 0.3) is 84.3 Å². The molecule has 9 aromatic rings. The molecule has 0 unspecified atom stereocenters. The smallest absolute Gasteiger partial charge is 1.00 e. The first-order valence-electron chi connectivity index (χ1n) is 32.0. The van der Waals surface area contributed by atoms with Gasteiger partial charge in [0.15, 0.2) is 0 Å². The minimum atomic E-state index is -1.36. The molecule has 0 saturated heterocycles. The SMILES string of the molecule is CCOC(=O)C[C@H](O)C[C@H](O)/C=C/c1c(C2CC2)nc2ccccc2c1-c1ccc(F)cc1.O=C([O-])C[C@H](O)C[C@H](O)/C=C/c1c(C2CC2)nc2ccccc2c1-c1ccc(F)cc1.O=C([O-])C[C@H](O)C[C@H](O)/C=C/c1c(C2CC2)nc2ccccc2c1-c1ccc(F)cc1.[Ca+2].[Ca+2].[Cl-].[Cl-].[Na+].[Na+].[OH-]. The van der Waals surface area contributed by atoms with E-state index in [1.165, 1.54) is 36.4 Å². The van der Waals surface area contributed by atoms with E-state index >= 15 is 0 Å². The van der Waals surface area contributed by atoms with Gasteiger partial charge >= 0.3 is 141 Å². The number of esters is 1. The molecule has 3 aromatic heterocycles. The first-order valence-corrected chi connectivity index (χ1v) is 32.0. The van der Waals surface area contributed by atoms with Crippen molar-refractivity contribution in [1.82, 2.24) is 15.0 Å². The number of carbonyl (C=O) groups excluding carboxylic acids is 3. The number of para-hydroxylation sites is 3. The molecule has 12 rings (SSSR count). The van der Waals surface area contributed by atoms with Crippen LogP contribution < -0.4 is 94.1 Å². The number of carbonyl (C=O) groups is 3. The normalized spacial score (nSPS) is 14.8. The maximum atomic E-state index is 13.6. The van der Waals surface area contributed by atoms with Crippen LogP contribution in [0.15, 0.2) is 164 Å². The molecule has 3 fully saturated rings. The van der Waals surface area contributed by atoms with Crippen molar-refractivity contribution in [3.05, 3.63) is 215 Å². The molecule has 6 atom stereocenters. The molecule has 16 nitrogen and oxygen atoms in total. The van der Waals surface area contributed by atoms with Crippen molar-refractivity contribution in [3.8, 4) is 33.4 Å². The number of rotatable bonds is 25. The summed E-state index contributed by atoms with van der Waals surface area (Å²) in [5.41, 5.74) is 13.3. The molecule has 516 valence electrons. The second kappa shape index (κ2) is 44.2. The van der Waals surface area contributed by atoms with Crippen molar-refractivity contribution < 1.29 is 163 Å². The zero-order valence-corrected chi connectivity index (χ0v) is 66.9. The molecule has 3 aliphatic carbocycles. The van der Waals surface area contributed by atoms with Gasteiger partial charge in [0.25, 0.3) is 0 Å². The van der Waals surface area contributed by atoms with Crippen LogP contribution in [-0.4, -0.2) is 188 Å². The summed E-state index contributed by atoms with van der Waals surface area (Å²) in [5.74, 6) is -3.17. The van der Waals surface area contributed by atoms with E-state index in [-0.39, 0.29) is 215 Å². The monoisotopic (exact) mass is 1500 g/mol. The van der Waals surface area contributed by atoms with Crippen molar-refractivity contribution in [2.24, 2.45) is 0 Å². The summed E-state index contributed by atoms with van der Waals surface area (Å²) in [6.07, 6.45) is 8.49. The predicted molar refractivity (Wildman–Crippen MR) is 368 cm³/mol. The van der Waals surface area contributed by atoms with Crippen LogP contribution >= 0.6 is 0 Å². The second-order valence-corrected chi connectivity index (χ2v) is 24.4. The Bertz CT molecular complexity index is 4130. The molecule has 0 bridgehead atoms. The fraction of sp³-hybridized carbons (Fsp3) is 0.299. The summed E-state index contributed by atoms with van der Waals surface area (Å²) in [6, 6.07) is 42.4. The summed E-state index contributed by atoms with van der Waals surface area (Å²) in [4.78, 5) is 47.5. The van der Waals surface area contributed by atoms with Gasteiger partial charge in [0, 0.05) is 111 Å². The van der Waals surface area contributed by atoms with E-state index in [9.17, 15) is 68.4 Å². The Morgan fingerprint density at radius 2 is 0.706 bits per heavy atom. The molecule has 0 radical (unpaired) electrons. The zero-order valence-electron chi connectivity index (χ0n) is 56.9. The first kappa shape index (κ1) is 92.0. The standard InChI is InChI=1S/C27H28FNO4.2C25H24FNO4.2Ca.2ClH.2Na.H2O/c1-2-33-25(32)16-21(31)15-20(30)13-14-23-26(17-9-11-19(28)12-10-17)22-5-3-4-6-24(22)29-27(23)18-7-8-18;2*26-17-9-7-15(8-10-17)24-20-3-1-2-4-22(20)27-25(16-5-6-16)21(24)12-11-18(28)13-19(29)14-23(30)31;;;;;;;/h3-6,9-14,18,20-21,30-31H,2,7-8,15-16H2,1H3;2*1-4,7-12,16,18-19,28-29H,5-6,13-14H2,(H,30,31);;;2*1H;;;1H2/q;;;2*+2;;;2*+1;/p-5/b14-13+;2*12-11+;;;;;;;/t20-,21-;2*18-,19-;;;;;;;/m111......./s1. The summed E-state index contributed by atoms with van der Waals surface area (Å²) in [6.45, 7) is 1.95. The maximum Gasteiger partial charge on any atom is 2.00 e. The van der Waals surface area contributed by atoms with Crippen molar-refractivity contribution in [2.75, 3.05) is 6.61 Å². The average Bonchev–Trinajstić information content (AvgIpc) is 1.14. The van der Waals surface area contributed by atoms with Crippen LogP contribution in [0.2, 0.25) is 0 Å². The largest absolute Gasteiger partial charge is 2.00 e. The maximum absolute atomic E-state index is 13.6. The molecule has 3 aliphatic rings. The van der Waals surface area contributed by atoms with Gasteiger partial charge in [-0.2, -0.15) is 0 Å². The van der Waals surface area contributed by atoms with Crippen LogP contribution in [-0.2, 0) is 19.1 Å². The second-order valence-electron chi connectivity index (χ2n) is 24.4. The summed E-state index contributed by atoms with van der Waals surface area (Å²) < 4.78 is 45.6. The number of pyridine rings is 3. The fourth-order valence-corrected chi connectivity index (χ4v) is 11.8. The van der Waals surface area contributed by atoms with Gasteiger partial charge in [0.05, 0.1) is 83.3 Å². The average molecular weight is 1500 g/mol. The van der Waals surface area contributed by atoms with Gasteiger partial charge < -0.3 is 85.5 Å². The van der Waals surface area contributed by atoms with E-state index in [1.54, 1.807) is 73.7 Å². The van der Waals surface area contributed by atoms with Gasteiger partial charge in [0.2, 0.25) is 0 Å². The molecule has 0 aliphatic heterocycles. The molecule has 0 spiro atoms. The molecule has 0 amide bonds. The van der Waals surface area contributed by atoms with Gasteiger partial charge in [-0.1, -0.05) is 127 Å². The number of aliphatic hydroxyl groups is 6. The molecule has 25 heteroatoms. The molecule has 3 heterocycles. The third-order valence-corrected chi connectivity index (χ3v) is 16.7. The molecule has 3 saturated carbocycles. The van der Waals surface area contributed by atoms with Gasteiger partial charge in [-0.05, 0) is 117 Å². The molecular formula is C77H75Ca2Cl2F3N3Na2O13+. The minimum Gasteiger partial charge on any atom is -1.00 e. The number of aliphatic hydroxyl groups excluding tert-OH is 6. The van der Waals surface area contributed by atoms with E-state index < -0.39 is 67.4 Å². The Balaban J connectivity index is 0.000000385. The molecule has 6 aromatic carbocycles. The van der Waals surface area contributed by atoms with Gasteiger partial charge in [-0.25, -0.2) is 13.2 Å². The van der Waals surface area contributed by atoms with Crippen molar-refractivity contribution >= 4 is 144 Å². The van der Waals surface area contributed by atoms with Crippen LogP contribution in [0.3, 0.4) is 0 Å². The van der Waals surface area contributed by atoms with E-state index in [4.69, 9.17) is 19.7 Å². The Labute approximate surface area is 706 Å². The van der Waals surface area contributed by atoms with Crippen LogP contribution in [0.5, 0.6) is 0 Å². The third-order valence-electron chi connectivity index (χ3n) is 16.7. The Morgan fingerprint density at radius 1 is 0.451 bits per heavy atom. The Kier molecular flexibility index (Phi) is 39.8. The number of aromatic nitrogens is 3. The van der Waals surface area contributed by atoms with E-state index in [0.29, 0.717) is 17.8 Å². The quantitative estimate of drug-likeness (QED) is 0.0279. The summed E-state index contributed by atoms with van der Waals surface area (Å²) in [7, 11) is 0. The number of hydrogen-bond donors (Lipinski definition) is 6. The first-order chi connectivity index (χ1) is 45.8. The number of carboxylic acid groups (broad SMARTS) is 2. The third kappa shape index (κ3) is 26.0. The van der Waals surface area contributed by atoms with Crippen molar-refractivity contribution in [2.45, 2.75) is 138 Å². The van der Waals surface area contributed by atoms with E-state index in [0.717, 1.165) is 138 Å². The van der Waals surface area contributed by atoms with Crippen molar-refractivity contribution in [1.29, 1.82) is 0 Å². The Morgan fingerprint density at radius 3 is 0.951 bits per heavy atom. The molecule has 7 N–H and O–H groups in total. The number of nitrogens with zero attached hydrogens (tertiary/aromatic N) is 3. The zero-order chi connectivity index (χ0) is 67.3. The van der Waals surface area contributed by atoms with Gasteiger partial charge in [0.1, 0.15) is 17.5 Å². The number of fused-ring (bicyclic) bond motifs is 3. The molecule has 102 heavy (non-hydrogen) atoms. The number of benzene rings is 6. The van der Waals surface area contributed by atoms with Crippen molar-refractivity contribution in [3.63, 3.8) is 0 Å². The van der Waals surface area contributed by atoms with Crippen LogP contribution in [0, 0.1) is 17.5 Å². The summed E-state index contributed by atoms with van der Waals surface area (Å²) in [5, 5.41) is 84.9. The van der Waals surface area contributed by atoms with Crippen LogP contribution in [0.1, 0.15) is 135 Å². The fourth-order valence-electron chi connectivity index (χ4n) is 11.8. The van der Waals surface area contributed by atoms with E-state index in [2.05, 4.69) is 0 Å². The number of carboxylic acids is 2. The van der Waals surface area contributed by atoms with Gasteiger partial charge in [-0.3, -0.25) is 19.7 Å². The number of aliphatic carboxylic acids is 2. The topological polar surface area (TPSA) is 297 Å². The molecular weight excluding hydrogens is 1430 g/mol. The number of halogens is 5. The van der Waals surface area contributed by atoms with Crippen LogP contribution in [0.4, 0.5) is 13.2 Å². The van der Waals surface area contributed by atoms with Gasteiger partial charge in [-0.15, -0.1) is 0 Å². The summed E-state index contributed by atoms with van der Waals surface area (Å²) >= 11 is 0. The number of hydrogen-bond acceptors (Lipinski definition) is 16. The van der Waals surface area contributed by atoms with E-state index in [1.807, 2.05) is 78.9 Å². The predicted octanol–water partition coefficient (Wildman–Crippen LogP) is -1.56. The number of ether oxygens (including phenoxy) is 1.